The average Bonchev–Trinajstić information content (AvgIpc) is 2.34. The molecule has 0 spiro atoms. The molecule has 0 aliphatic heterocycles. The first-order valence-corrected chi connectivity index (χ1v) is 5.98. The summed E-state index contributed by atoms with van der Waals surface area (Å²) in [5.41, 5.74) is 0.231. The van der Waals surface area contributed by atoms with Crippen LogP contribution in [0.15, 0.2) is 18.3 Å². The molecule has 0 fully saturated rings. The lowest BCUT2D eigenvalue weighted by Crippen LogP contribution is -2.33. The molecule has 0 saturated heterocycles. The molecule has 1 N–H and O–H groups in total. The number of hydrogen-bond donors (Lipinski definition) is 1. The molecule has 0 bridgehead atoms. The van der Waals surface area contributed by atoms with Gasteiger partial charge in [-0.25, -0.2) is 9.78 Å². The van der Waals surface area contributed by atoms with Crippen molar-refractivity contribution in [3.05, 3.63) is 23.9 Å². The summed E-state index contributed by atoms with van der Waals surface area (Å²) in [7, 11) is 1.63. The Balaban J connectivity index is 2.99. The van der Waals surface area contributed by atoms with Crippen molar-refractivity contribution in [2.45, 2.75) is 13.8 Å². The van der Waals surface area contributed by atoms with E-state index in [9.17, 15) is 9.90 Å². The van der Waals surface area contributed by atoms with E-state index in [-0.39, 0.29) is 5.56 Å². The Morgan fingerprint density at radius 1 is 1.56 bits per heavy atom. The van der Waals surface area contributed by atoms with Crippen molar-refractivity contribution < 1.29 is 14.6 Å². The minimum atomic E-state index is -0.954. The third-order valence-electron chi connectivity index (χ3n) is 2.47. The Hall–Kier alpha value is -1.62. The van der Waals surface area contributed by atoms with Crippen LogP contribution in [0.2, 0.25) is 0 Å². The quantitative estimate of drug-likeness (QED) is 0.803. The number of aromatic nitrogens is 1. The van der Waals surface area contributed by atoms with E-state index < -0.39 is 5.97 Å². The smallest absolute Gasteiger partial charge is 0.339 e. The fraction of sp³-hybridized carbons (Fsp3) is 0.538. The maximum Gasteiger partial charge on any atom is 0.339 e. The van der Waals surface area contributed by atoms with Gasteiger partial charge in [-0.15, -0.1) is 0 Å². The Labute approximate surface area is 107 Å². The second-order valence-corrected chi connectivity index (χ2v) is 4.51. The third kappa shape index (κ3) is 4.00. The van der Waals surface area contributed by atoms with E-state index in [1.165, 1.54) is 0 Å². The van der Waals surface area contributed by atoms with E-state index in [0.29, 0.717) is 24.9 Å². The van der Waals surface area contributed by atoms with Crippen molar-refractivity contribution in [3.63, 3.8) is 0 Å². The fourth-order valence-corrected chi connectivity index (χ4v) is 1.74. The van der Waals surface area contributed by atoms with Gasteiger partial charge in [0.05, 0.1) is 6.61 Å². The summed E-state index contributed by atoms with van der Waals surface area (Å²) in [6.07, 6.45) is 1.61. The van der Waals surface area contributed by atoms with Crippen LogP contribution in [0.1, 0.15) is 24.2 Å². The molecule has 5 nitrogen and oxygen atoms in total. The lowest BCUT2D eigenvalue weighted by Gasteiger charge is -2.26. The Kier molecular flexibility index (Phi) is 5.58. The summed E-state index contributed by atoms with van der Waals surface area (Å²) in [6.45, 7) is 6.10. The van der Waals surface area contributed by atoms with Crippen LogP contribution in [-0.2, 0) is 4.74 Å². The van der Waals surface area contributed by atoms with E-state index in [1.807, 2.05) is 4.90 Å². The zero-order valence-electron chi connectivity index (χ0n) is 11.1. The van der Waals surface area contributed by atoms with Gasteiger partial charge in [-0.3, -0.25) is 0 Å². The van der Waals surface area contributed by atoms with Crippen molar-refractivity contribution >= 4 is 11.8 Å². The zero-order valence-corrected chi connectivity index (χ0v) is 11.1. The molecule has 0 amide bonds. The first-order valence-electron chi connectivity index (χ1n) is 5.98. The van der Waals surface area contributed by atoms with Crippen LogP contribution in [0.5, 0.6) is 0 Å². The summed E-state index contributed by atoms with van der Waals surface area (Å²) in [5.74, 6) is -0.0227. The highest BCUT2D eigenvalue weighted by Crippen LogP contribution is 2.18. The third-order valence-corrected chi connectivity index (χ3v) is 2.47. The molecular formula is C13H20N2O3. The van der Waals surface area contributed by atoms with Gasteiger partial charge in [0.15, 0.2) is 0 Å². The van der Waals surface area contributed by atoms with Crippen LogP contribution < -0.4 is 4.90 Å². The predicted molar refractivity (Wildman–Crippen MR) is 70.1 cm³/mol. The van der Waals surface area contributed by atoms with E-state index in [4.69, 9.17) is 4.74 Å². The summed E-state index contributed by atoms with van der Waals surface area (Å²) >= 11 is 0. The number of carboxylic acids is 1. The maximum absolute atomic E-state index is 11.2. The zero-order chi connectivity index (χ0) is 13.5. The van der Waals surface area contributed by atoms with E-state index in [2.05, 4.69) is 18.8 Å². The van der Waals surface area contributed by atoms with E-state index >= 15 is 0 Å². The number of aromatic carboxylic acids is 1. The molecule has 0 unspecified atom stereocenters. The largest absolute Gasteiger partial charge is 0.478 e. The molecule has 0 saturated carbocycles. The van der Waals surface area contributed by atoms with Crippen LogP contribution in [0.4, 0.5) is 5.82 Å². The molecule has 1 aromatic rings. The second-order valence-electron chi connectivity index (χ2n) is 4.51. The van der Waals surface area contributed by atoms with Crippen molar-refractivity contribution in [2.24, 2.45) is 5.92 Å². The molecule has 0 atom stereocenters. The Morgan fingerprint density at radius 2 is 2.28 bits per heavy atom. The van der Waals surface area contributed by atoms with Gasteiger partial charge >= 0.3 is 5.97 Å². The van der Waals surface area contributed by atoms with Gasteiger partial charge in [0.25, 0.3) is 0 Å². The van der Waals surface area contributed by atoms with Crippen LogP contribution in [0.3, 0.4) is 0 Å². The summed E-state index contributed by atoms with van der Waals surface area (Å²) in [5, 5.41) is 9.18. The number of rotatable bonds is 7. The number of carboxylic acid groups (broad SMARTS) is 1. The minimum Gasteiger partial charge on any atom is -0.478 e. The van der Waals surface area contributed by atoms with Crippen LogP contribution >= 0.6 is 0 Å². The first kappa shape index (κ1) is 14.4. The van der Waals surface area contributed by atoms with Crippen molar-refractivity contribution in [3.8, 4) is 0 Å². The molecule has 1 aromatic heterocycles. The van der Waals surface area contributed by atoms with Gasteiger partial charge in [0.2, 0.25) is 0 Å². The molecule has 0 radical (unpaired) electrons. The van der Waals surface area contributed by atoms with Gasteiger partial charge in [-0.2, -0.15) is 0 Å². The standard InChI is InChI=1S/C13H20N2O3/c1-10(2)9-15(7-8-18-3)12-11(13(16)17)5-4-6-14-12/h4-6,10H,7-9H2,1-3H3,(H,16,17). The Bertz CT molecular complexity index is 394. The summed E-state index contributed by atoms with van der Waals surface area (Å²) < 4.78 is 5.06. The molecule has 100 valence electrons. The monoisotopic (exact) mass is 252 g/mol. The van der Waals surface area contributed by atoms with Gasteiger partial charge in [0.1, 0.15) is 11.4 Å². The van der Waals surface area contributed by atoms with Crippen molar-refractivity contribution in [2.75, 3.05) is 31.7 Å². The molecule has 18 heavy (non-hydrogen) atoms. The van der Waals surface area contributed by atoms with E-state index in [1.54, 1.807) is 25.4 Å². The van der Waals surface area contributed by atoms with Gasteiger partial charge in [-0.05, 0) is 18.1 Å². The predicted octanol–water partition coefficient (Wildman–Crippen LogP) is 1.89. The van der Waals surface area contributed by atoms with Crippen molar-refractivity contribution in [1.29, 1.82) is 0 Å². The lowest BCUT2D eigenvalue weighted by atomic mass is 10.2. The molecule has 5 heteroatoms. The molecule has 1 rings (SSSR count). The molecule has 0 aliphatic carbocycles. The first-order chi connectivity index (χ1) is 8.56. The number of ether oxygens (including phenoxy) is 1. The number of pyridine rings is 1. The summed E-state index contributed by atoms with van der Waals surface area (Å²) in [6, 6.07) is 3.21. The van der Waals surface area contributed by atoms with Crippen LogP contribution in [-0.4, -0.2) is 42.9 Å². The number of methoxy groups -OCH3 is 1. The highest BCUT2D eigenvalue weighted by molar-refractivity contribution is 5.93. The molecular weight excluding hydrogens is 232 g/mol. The average molecular weight is 252 g/mol. The summed E-state index contributed by atoms with van der Waals surface area (Å²) in [4.78, 5) is 17.3. The normalized spacial score (nSPS) is 10.7. The van der Waals surface area contributed by atoms with Gasteiger partial charge in [-0.1, -0.05) is 13.8 Å². The number of hydrogen-bond acceptors (Lipinski definition) is 4. The SMILES string of the molecule is COCCN(CC(C)C)c1ncccc1C(=O)O. The topological polar surface area (TPSA) is 62.7 Å². The second kappa shape index (κ2) is 6.96. The van der Waals surface area contributed by atoms with Crippen molar-refractivity contribution in [1.82, 2.24) is 4.98 Å². The molecule has 0 aliphatic rings. The Morgan fingerprint density at radius 3 is 2.83 bits per heavy atom. The van der Waals surface area contributed by atoms with Gasteiger partial charge < -0.3 is 14.7 Å². The minimum absolute atomic E-state index is 0.231. The van der Waals surface area contributed by atoms with Crippen LogP contribution in [0.25, 0.3) is 0 Å². The number of carbonyl (C=O) groups is 1. The fourth-order valence-electron chi connectivity index (χ4n) is 1.74. The molecule has 0 aromatic carbocycles. The van der Waals surface area contributed by atoms with E-state index in [0.717, 1.165) is 6.54 Å². The number of nitrogens with zero attached hydrogens (tertiary/aromatic N) is 2. The highest BCUT2D eigenvalue weighted by Gasteiger charge is 2.17. The number of anilines is 1. The maximum atomic E-state index is 11.2. The van der Waals surface area contributed by atoms with Crippen LogP contribution in [0, 0.1) is 5.92 Å². The highest BCUT2D eigenvalue weighted by atomic mass is 16.5. The lowest BCUT2D eigenvalue weighted by molar-refractivity contribution is 0.0697. The molecule has 1 heterocycles. The van der Waals surface area contributed by atoms with Gasteiger partial charge in [0, 0.05) is 26.4 Å².